The Morgan fingerprint density at radius 3 is 2.90 bits per heavy atom. The molecule has 2 aromatic rings. The summed E-state index contributed by atoms with van der Waals surface area (Å²) in [4.78, 5) is 16.6. The predicted molar refractivity (Wildman–Crippen MR) is 80.6 cm³/mol. The molecule has 0 unspecified atom stereocenters. The van der Waals surface area contributed by atoms with E-state index in [1.807, 2.05) is 24.5 Å². The lowest BCUT2D eigenvalue weighted by molar-refractivity contribution is -0.120. The van der Waals surface area contributed by atoms with E-state index in [0.29, 0.717) is 0 Å². The van der Waals surface area contributed by atoms with E-state index in [9.17, 15) is 4.79 Å². The molecule has 0 atom stereocenters. The van der Waals surface area contributed by atoms with E-state index in [-0.39, 0.29) is 11.8 Å². The van der Waals surface area contributed by atoms with Gasteiger partial charge in [-0.2, -0.15) is 0 Å². The van der Waals surface area contributed by atoms with Gasteiger partial charge in [0.25, 0.3) is 0 Å². The summed E-state index contributed by atoms with van der Waals surface area (Å²) in [6, 6.07) is 5.96. The number of carbonyl (C=O) groups excluding carboxylic acids is 1. The maximum atomic E-state index is 12.2. The van der Waals surface area contributed by atoms with E-state index in [4.69, 9.17) is 0 Å². The van der Waals surface area contributed by atoms with Crippen LogP contribution in [0.1, 0.15) is 39.0 Å². The predicted octanol–water partition coefficient (Wildman–Crippen LogP) is 3.58. The van der Waals surface area contributed by atoms with Crippen LogP contribution in [-0.2, 0) is 11.3 Å². The number of carbonyl (C=O) groups is 1. The Kier molecular flexibility index (Phi) is 3.72. The number of hydrogen-bond donors (Lipinski definition) is 1. The van der Waals surface area contributed by atoms with Gasteiger partial charge in [-0.15, -0.1) is 0 Å². The molecular weight excluding hydrogens is 250 g/mol. The zero-order valence-corrected chi connectivity index (χ0v) is 11.9. The lowest BCUT2D eigenvalue weighted by Gasteiger charge is -2.20. The first kappa shape index (κ1) is 13.2. The highest BCUT2D eigenvalue weighted by Crippen LogP contribution is 2.25. The molecule has 1 aliphatic carbocycles. The van der Waals surface area contributed by atoms with E-state index < -0.39 is 0 Å². The van der Waals surface area contributed by atoms with Crippen LogP contribution in [-0.4, -0.2) is 15.5 Å². The fourth-order valence-corrected chi connectivity index (χ4v) is 3.00. The maximum absolute atomic E-state index is 12.2. The van der Waals surface area contributed by atoms with Gasteiger partial charge in [-0.1, -0.05) is 19.3 Å². The van der Waals surface area contributed by atoms with Gasteiger partial charge in [0.15, 0.2) is 0 Å². The third-order valence-electron chi connectivity index (χ3n) is 4.21. The number of hydrogen-bond acceptors (Lipinski definition) is 2. The van der Waals surface area contributed by atoms with Crippen LogP contribution in [0.5, 0.6) is 0 Å². The first-order valence-corrected chi connectivity index (χ1v) is 7.53. The van der Waals surface area contributed by atoms with Gasteiger partial charge in [0, 0.05) is 18.2 Å². The number of rotatable bonds is 3. The van der Waals surface area contributed by atoms with Crippen LogP contribution >= 0.6 is 0 Å². The zero-order chi connectivity index (χ0) is 13.9. The standard InChI is InChI=1S/C16H21N3O/c1-2-19-11-17-14-10-13(8-9-15(14)19)18-16(20)12-6-4-3-5-7-12/h8-12H,2-7H2,1H3,(H,18,20). The van der Waals surface area contributed by atoms with Crippen molar-refractivity contribution in [3.05, 3.63) is 24.5 Å². The molecule has 20 heavy (non-hydrogen) atoms. The van der Waals surface area contributed by atoms with Crippen LogP contribution < -0.4 is 5.32 Å². The molecule has 4 heteroatoms. The second-order valence-corrected chi connectivity index (χ2v) is 5.56. The molecule has 0 spiro atoms. The molecule has 1 aromatic heterocycles. The van der Waals surface area contributed by atoms with Gasteiger partial charge in [0.1, 0.15) is 0 Å². The normalized spacial score (nSPS) is 16.4. The van der Waals surface area contributed by atoms with Crippen LogP contribution in [0.4, 0.5) is 5.69 Å². The van der Waals surface area contributed by atoms with Gasteiger partial charge in [-0.3, -0.25) is 4.79 Å². The zero-order valence-electron chi connectivity index (χ0n) is 11.9. The molecule has 106 valence electrons. The van der Waals surface area contributed by atoms with Crippen molar-refractivity contribution in [1.82, 2.24) is 9.55 Å². The third kappa shape index (κ3) is 2.55. The fourth-order valence-electron chi connectivity index (χ4n) is 3.00. The van der Waals surface area contributed by atoms with E-state index in [1.165, 1.54) is 19.3 Å². The Hall–Kier alpha value is -1.84. The average molecular weight is 271 g/mol. The number of anilines is 1. The Bertz CT molecular complexity index is 611. The molecule has 1 aliphatic rings. The van der Waals surface area contributed by atoms with Gasteiger partial charge in [0.05, 0.1) is 17.4 Å². The van der Waals surface area contributed by atoms with E-state index in [1.54, 1.807) is 0 Å². The monoisotopic (exact) mass is 271 g/mol. The number of imidazole rings is 1. The molecule has 0 aliphatic heterocycles. The summed E-state index contributed by atoms with van der Waals surface area (Å²) in [5.74, 6) is 0.353. The topological polar surface area (TPSA) is 46.9 Å². The molecule has 1 heterocycles. The fraction of sp³-hybridized carbons (Fsp3) is 0.500. The van der Waals surface area contributed by atoms with Crippen molar-refractivity contribution in [3.8, 4) is 0 Å². The molecule has 0 bridgehead atoms. The van der Waals surface area contributed by atoms with Crippen LogP contribution in [0.25, 0.3) is 11.0 Å². The Labute approximate surface area is 119 Å². The van der Waals surface area contributed by atoms with Crippen molar-refractivity contribution < 1.29 is 4.79 Å². The minimum Gasteiger partial charge on any atom is -0.331 e. The second-order valence-electron chi connectivity index (χ2n) is 5.56. The first-order chi connectivity index (χ1) is 9.78. The SMILES string of the molecule is CCn1cnc2cc(NC(=O)C3CCCCC3)ccc21. The molecule has 0 saturated heterocycles. The van der Waals surface area contributed by atoms with Crippen molar-refractivity contribution in [3.63, 3.8) is 0 Å². The lowest BCUT2D eigenvalue weighted by atomic mass is 9.88. The number of aryl methyl sites for hydroxylation is 1. The van der Waals surface area contributed by atoms with Gasteiger partial charge < -0.3 is 9.88 Å². The number of benzene rings is 1. The number of aromatic nitrogens is 2. The molecule has 3 rings (SSSR count). The van der Waals surface area contributed by atoms with Crippen LogP contribution in [0.15, 0.2) is 24.5 Å². The quantitative estimate of drug-likeness (QED) is 0.927. The molecule has 1 amide bonds. The summed E-state index contributed by atoms with van der Waals surface area (Å²) in [5.41, 5.74) is 2.91. The largest absolute Gasteiger partial charge is 0.331 e. The summed E-state index contributed by atoms with van der Waals surface area (Å²) in [5, 5.41) is 3.04. The molecule has 1 N–H and O–H groups in total. The molecule has 0 radical (unpaired) electrons. The van der Waals surface area contributed by atoms with Crippen molar-refractivity contribution in [2.24, 2.45) is 5.92 Å². The summed E-state index contributed by atoms with van der Waals surface area (Å²) in [7, 11) is 0. The molecule has 1 aromatic carbocycles. The molecule has 1 saturated carbocycles. The van der Waals surface area contributed by atoms with Gasteiger partial charge in [-0.25, -0.2) is 4.98 Å². The highest BCUT2D eigenvalue weighted by Gasteiger charge is 2.21. The minimum absolute atomic E-state index is 0.166. The number of amides is 1. The smallest absolute Gasteiger partial charge is 0.227 e. The number of nitrogens with zero attached hydrogens (tertiary/aromatic N) is 2. The van der Waals surface area contributed by atoms with Gasteiger partial charge >= 0.3 is 0 Å². The Morgan fingerprint density at radius 1 is 1.35 bits per heavy atom. The van der Waals surface area contributed by atoms with E-state index in [2.05, 4.69) is 21.8 Å². The van der Waals surface area contributed by atoms with Crippen molar-refractivity contribution >= 4 is 22.6 Å². The summed E-state index contributed by atoms with van der Waals surface area (Å²) in [6.07, 6.45) is 7.52. The second kappa shape index (κ2) is 5.65. The van der Waals surface area contributed by atoms with E-state index >= 15 is 0 Å². The molecule has 1 fully saturated rings. The van der Waals surface area contributed by atoms with Crippen LogP contribution in [0.2, 0.25) is 0 Å². The van der Waals surface area contributed by atoms with Gasteiger partial charge in [-0.05, 0) is 38.0 Å². The van der Waals surface area contributed by atoms with Crippen LogP contribution in [0, 0.1) is 5.92 Å². The van der Waals surface area contributed by atoms with E-state index in [0.717, 1.165) is 36.1 Å². The number of fused-ring (bicyclic) bond motifs is 1. The Balaban J connectivity index is 1.75. The average Bonchev–Trinajstić information content (AvgIpc) is 2.90. The number of nitrogens with one attached hydrogen (secondary N) is 1. The van der Waals surface area contributed by atoms with Crippen molar-refractivity contribution in [2.75, 3.05) is 5.32 Å². The third-order valence-corrected chi connectivity index (χ3v) is 4.21. The van der Waals surface area contributed by atoms with Gasteiger partial charge in [0.2, 0.25) is 5.91 Å². The van der Waals surface area contributed by atoms with Crippen molar-refractivity contribution in [1.29, 1.82) is 0 Å². The summed E-state index contributed by atoms with van der Waals surface area (Å²) < 4.78 is 2.10. The van der Waals surface area contributed by atoms with Crippen molar-refractivity contribution in [2.45, 2.75) is 45.6 Å². The minimum atomic E-state index is 0.166. The highest BCUT2D eigenvalue weighted by molar-refractivity contribution is 5.94. The summed E-state index contributed by atoms with van der Waals surface area (Å²) >= 11 is 0. The summed E-state index contributed by atoms with van der Waals surface area (Å²) in [6.45, 7) is 3.00. The molecular formula is C16H21N3O. The molecule has 4 nitrogen and oxygen atoms in total. The lowest BCUT2D eigenvalue weighted by Crippen LogP contribution is -2.24. The maximum Gasteiger partial charge on any atom is 0.227 e. The first-order valence-electron chi connectivity index (χ1n) is 7.53. The Morgan fingerprint density at radius 2 is 2.15 bits per heavy atom. The highest BCUT2D eigenvalue weighted by atomic mass is 16.1. The van der Waals surface area contributed by atoms with Crippen LogP contribution in [0.3, 0.4) is 0 Å².